The molecule has 1 N–H and O–H groups in total. The summed E-state index contributed by atoms with van der Waals surface area (Å²) >= 11 is 3.45. The quantitative estimate of drug-likeness (QED) is 0.943. The summed E-state index contributed by atoms with van der Waals surface area (Å²) in [6, 6.07) is 7.70. The normalized spacial score (nSPS) is 10.5. The Bertz CT molecular complexity index is 619. The van der Waals surface area contributed by atoms with Crippen LogP contribution in [-0.2, 0) is 11.3 Å². The highest BCUT2D eigenvalue weighted by atomic mass is 79.9. The molecule has 0 fully saturated rings. The SMILES string of the molecule is Cc1cc(C)n(CC(=O)Nc2ccc(C)c(Br)c2)n1. The van der Waals surface area contributed by atoms with E-state index in [2.05, 4.69) is 26.3 Å². The number of carbonyl (C=O) groups excluding carboxylic acids is 1. The van der Waals surface area contributed by atoms with Gasteiger partial charge in [0.25, 0.3) is 0 Å². The summed E-state index contributed by atoms with van der Waals surface area (Å²) in [7, 11) is 0. The van der Waals surface area contributed by atoms with E-state index in [9.17, 15) is 4.79 Å². The van der Waals surface area contributed by atoms with Crippen molar-refractivity contribution in [1.82, 2.24) is 9.78 Å². The molecule has 2 aromatic rings. The van der Waals surface area contributed by atoms with Crippen molar-refractivity contribution in [2.45, 2.75) is 27.3 Å². The predicted octanol–water partition coefficient (Wildman–Crippen LogP) is 3.21. The van der Waals surface area contributed by atoms with Gasteiger partial charge in [0.2, 0.25) is 5.91 Å². The van der Waals surface area contributed by atoms with Crippen molar-refractivity contribution in [3.63, 3.8) is 0 Å². The van der Waals surface area contributed by atoms with Gasteiger partial charge in [-0.3, -0.25) is 9.48 Å². The number of nitrogens with zero attached hydrogens (tertiary/aromatic N) is 2. The van der Waals surface area contributed by atoms with E-state index in [1.54, 1.807) is 4.68 Å². The first-order valence-corrected chi connectivity index (χ1v) is 6.82. The van der Waals surface area contributed by atoms with E-state index < -0.39 is 0 Å². The van der Waals surface area contributed by atoms with Gasteiger partial charge < -0.3 is 5.32 Å². The molecule has 1 amide bonds. The number of anilines is 1. The van der Waals surface area contributed by atoms with Gasteiger partial charge in [0.15, 0.2) is 0 Å². The van der Waals surface area contributed by atoms with Gasteiger partial charge in [0.1, 0.15) is 6.54 Å². The summed E-state index contributed by atoms with van der Waals surface area (Å²) in [5.74, 6) is -0.0815. The lowest BCUT2D eigenvalue weighted by atomic mass is 10.2. The van der Waals surface area contributed by atoms with E-state index in [-0.39, 0.29) is 12.5 Å². The van der Waals surface area contributed by atoms with Crippen molar-refractivity contribution in [2.75, 3.05) is 5.32 Å². The lowest BCUT2D eigenvalue weighted by Crippen LogP contribution is -2.20. The van der Waals surface area contributed by atoms with Crippen LogP contribution in [0.4, 0.5) is 5.69 Å². The molecule has 19 heavy (non-hydrogen) atoms. The molecule has 5 heteroatoms. The van der Waals surface area contributed by atoms with Gasteiger partial charge in [0, 0.05) is 15.9 Å². The lowest BCUT2D eigenvalue weighted by molar-refractivity contribution is -0.116. The Kier molecular flexibility index (Phi) is 4.04. The highest BCUT2D eigenvalue weighted by Gasteiger charge is 2.08. The van der Waals surface area contributed by atoms with E-state index in [4.69, 9.17) is 0 Å². The summed E-state index contributed by atoms with van der Waals surface area (Å²) in [4.78, 5) is 12.0. The minimum absolute atomic E-state index is 0.0815. The maximum absolute atomic E-state index is 12.0. The largest absolute Gasteiger partial charge is 0.324 e. The molecule has 0 aliphatic heterocycles. The van der Waals surface area contributed by atoms with Gasteiger partial charge in [-0.05, 0) is 44.5 Å². The van der Waals surface area contributed by atoms with Crippen molar-refractivity contribution < 1.29 is 4.79 Å². The fraction of sp³-hybridized carbons (Fsp3) is 0.286. The van der Waals surface area contributed by atoms with Crippen LogP contribution in [0.5, 0.6) is 0 Å². The zero-order valence-electron chi connectivity index (χ0n) is 11.2. The smallest absolute Gasteiger partial charge is 0.246 e. The number of hydrogen-bond acceptors (Lipinski definition) is 2. The molecule has 0 atom stereocenters. The van der Waals surface area contributed by atoms with Gasteiger partial charge in [-0.1, -0.05) is 22.0 Å². The van der Waals surface area contributed by atoms with Crippen LogP contribution in [0, 0.1) is 20.8 Å². The van der Waals surface area contributed by atoms with E-state index in [0.29, 0.717) is 0 Å². The van der Waals surface area contributed by atoms with Crippen molar-refractivity contribution >= 4 is 27.5 Å². The van der Waals surface area contributed by atoms with Crippen LogP contribution in [0.2, 0.25) is 0 Å². The standard InChI is InChI=1S/C14H16BrN3O/c1-9-4-5-12(7-13(9)15)16-14(19)8-18-11(3)6-10(2)17-18/h4-7H,8H2,1-3H3,(H,16,19). The van der Waals surface area contributed by atoms with Gasteiger partial charge in [-0.15, -0.1) is 0 Å². The third-order valence-electron chi connectivity index (χ3n) is 2.85. The zero-order chi connectivity index (χ0) is 14.0. The number of carbonyl (C=O) groups is 1. The number of halogens is 1. The first-order chi connectivity index (χ1) is 8.95. The number of hydrogen-bond donors (Lipinski definition) is 1. The maximum atomic E-state index is 12.0. The maximum Gasteiger partial charge on any atom is 0.246 e. The van der Waals surface area contributed by atoms with Crippen molar-refractivity contribution in [2.24, 2.45) is 0 Å². The van der Waals surface area contributed by atoms with Crippen LogP contribution in [-0.4, -0.2) is 15.7 Å². The second-order valence-electron chi connectivity index (χ2n) is 4.60. The Hall–Kier alpha value is -1.62. The van der Waals surface area contributed by atoms with Crippen LogP contribution in [0.3, 0.4) is 0 Å². The van der Waals surface area contributed by atoms with Crippen LogP contribution in [0.15, 0.2) is 28.7 Å². The Morgan fingerprint density at radius 2 is 2.05 bits per heavy atom. The summed E-state index contributed by atoms with van der Waals surface area (Å²) in [6.07, 6.45) is 0. The number of nitrogens with one attached hydrogen (secondary N) is 1. The molecule has 0 unspecified atom stereocenters. The molecule has 0 aliphatic carbocycles. The third-order valence-corrected chi connectivity index (χ3v) is 3.71. The molecular formula is C14H16BrN3O. The van der Waals surface area contributed by atoms with Crippen LogP contribution < -0.4 is 5.32 Å². The summed E-state index contributed by atoms with van der Waals surface area (Å²) in [5.41, 5.74) is 3.82. The molecule has 1 aromatic carbocycles. The van der Waals surface area contributed by atoms with Gasteiger partial charge >= 0.3 is 0 Å². The Labute approximate surface area is 120 Å². The van der Waals surface area contributed by atoms with Gasteiger partial charge in [0.05, 0.1) is 5.69 Å². The van der Waals surface area contributed by atoms with E-state index >= 15 is 0 Å². The second-order valence-corrected chi connectivity index (χ2v) is 5.45. The number of rotatable bonds is 3. The fourth-order valence-corrected chi connectivity index (χ4v) is 2.22. The average molecular weight is 322 g/mol. The van der Waals surface area contributed by atoms with E-state index in [1.807, 2.05) is 45.0 Å². The van der Waals surface area contributed by atoms with Crippen LogP contribution >= 0.6 is 15.9 Å². The molecule has 0 saturated heterocycles. The lowest BCUT2D eigenvalue weighted by Gasteiger charge is -2.08. The second kappa shape index (κ2) is 5.57. The number of amides is 1. The highest BCUT2D eigenvalue weighted by molar-refractivity contribution is 9.10. The molecule has 100 valence electrons. The molecule has 0 spiro atoms. The van der Waals surface area contributed by atoms with E-state index in [0.717, 1.165) is 27.1 Å². The predicted molar refractivity (Wildman–Crippen MR) is 79.2 cm³/mol. The highest BCUT2D eigenvalue weighted by Crippen LogP contribution is 2.20. The van der Waals surface area contributed by atoms with Gasteiger partial charge in [-0.2, -0.15) is 5.10 Å². The summed E-state index contributed by atoms with van der Waals surface area (Å²) < 4.78 is 2.69. The molecule has 2 rings (SSSR count). The number of aromatic nitrogens is 2. The molecule has 0 aliphatic rings. The molecular weight excluding hydrogens is 306 g/mol. The Morgan fingerprint density at radius 3 is 2.63 bits per heavy atom. The van der Waals surface area contributed by atoms with Crippen LogP contribution in [0.1, 0.15) is 17.0 Å². The molecule has 0 saturated carbocycles. The summed E-state index contributed by atoms with van der Waals surface area (Å²) in [5, 5.41) is 7.14. The van der Waals surface area contributed by atoms with Crippen molar-refractivity contribution in [3.05, 3.63) is 45.7 Å². The first-order valence-electron chi connectivity index (χ1n) is 6.03. The van der Waals surface area contributed by atoms with Crippen molar-refractivity contribution in [1.29, 1.82) is 0 Å². The first kappa shape index (κ1) is 13.8. The Morgan fingerprint density at radius 1 is 1.32 bits per heavy atom. The van der Waals surface area contributed by atoms with E-state index in [1.165, 1.54) is 0 Å². The topological polar surface area (TPSA) is 46.9 Å². The molecule has 0 radical (unpaired) electrons. The van der Waals surface area contributed by atoms with Gasteiger partial charge in [-0.25, -0.2) is 0 Å². The molecule has 1 heterocycles. The zero-order valence-corrected chi connectivity index (χ0v) is 12.8. The molecule has 1 aromatic heterocycles. The Balaban J connectivity index is 2.05. The van der Waals surface area contributed by atoms with Crippen LogP contribution in [0.25, 0.3) is 0 Å². The minimum Gasteiger partial charge on any atom is -0.324 e. The minimum atomic E-state index is -0.0815. The average Bonchev–Trinajstić information content (AvgIpc) is 2.62. The fourth-order valence-electron chi connectivity index (χ4n) is 1.84. The van der Waals surface area contributed by atoms with Crippen molar-refractivity contribution in [3.8, 4) is 0 Å². The molecule has 4 nitrogen and oxygen atoms in total. The number of benzene rings is 1. The number of aryl methyl sites for hydroxylation is 3. The molecule has 0 bridgehead atoms. The monoisotopic (exact) mass is 321 g/mol. The third kappa shape index (κ3) is 3.44. The summed E-state index contributed by atoms with van der Waals surface area (Å²) in [6.45, 7) is 6.09.